The summed E-state index contributed by atoms with van der Waals surface area (Å²) in [5.74, 6) is -1.66. The lowest BCUT2D eigenvalue weighted by Gasteiger charge is -2.36. The Hall–Kier alpha value is -3.04. The fraction of sp³-hybridized carbons (Fsp3) is 0.292. The lowest BCUT2D eigenvalue weighted by atomic mass is 9.73. The summed E-state index contributed by atoms with van der Waals surface area (Å²) in [6, 6.07) is 11.8. The molecule has 0 atom stereocenters. The van der Waals surface area contributed by atoms with Crippen LogP contribution >= 0.6 is 11.8 Å². The number of thioether (sulfide) groups is 1. The Labute approximate surface area is 194 Å². The number of halogens is 2. The summed E-state index contributed by atoms with van der Waals surface area (Å²) < 4.78 is 32.7. The predicted molar refractivity (Wildman–Crippen MR) is 120 cm³/mol. The third-order valence-electron chi connectivity index (χ3n) is 5.86. The normalized spacial score (nSPS) is 19.2. The highest BCUT2D eigenvalue weighted by molar-refractivity contribution is 8.18. The Balaban J connectivity index is 1.42. The number of amides is 3. The molecule has 0 saturated carbocycles. The number of hydrogen-bond donors (Lipinski definition) is 1. The van der Waals surface area contributed by atoms with Gasteiger partial charge in [-0.25, -0.2) is 8.78 Å². The molecule has 6 nitrogen and oxygen atoms in total. The van der Waals surface area contributed by atoms with Crippen molar-refractivity contribution in [2.75, 3.05) is 26.3 Å². The first-order chi connectivity index (χ1) is 15.9. The van der Waals surface area contributed by atoms with E-state index in [1.165, 1.54) is 36.4 Å². The van der Waals surface area contributed by atoms with Crippen molar-refractivity contribution in [1.29, 1.82) is 0 Å². The van der Waals surface area contributed by atoms with Crippen molar-refractivity contribution in [3.05, 3.63) is 76.2 Å². The fourth-order valence-electron chi connectivity index (χ4n) is 4.01. The monoisotopic (exact) mass is 472 g/mol. The van der Waals surface area contributed by atoms with Crippen molar-refractivity contribution in [2.24, 2.45) is 0 Å². The summed E-state index contributed by atoms with van der Waals surface area (Å²) in [5.41, 5.74) is 0.0519. The molecule has 2 heterocycles. The Morgan fingerprint density at radius 1 is 1.09 bits per heavy atom. The van der Waals surface area contributed by atoms with E-state index in [1.807, 2.05) is 0 Å². The van der Waals surface area contributed by atoms with Crippen LogP contribution in [0, 0.1) is 11.6 Å². The third-order valence-corrected chi connectivity index (χ3v) is 6.77. The summed E-state index contributed by atoms with van der Waals surface area (Å²) in [6.45, 7) is 0.845. The molecule has 0 unspecified atom stereocenters. The molecule has 0 spiro atoms. The van der Waals surface area contributed by atoms with Crippen molar-refractivity contribution >= 4 is 34.9 Å². The topological polar surface area (TPSA) is 75.7 Å². The molecule has 33 heavy (non-hydrogen) atoms. The van der Waals surface area contributed by atoms with Gasteiger partial charge in [0.15, 0.2) is 0 Å². The average molecular weight is 473 g/mol. The summed E-state index contributed by atoms with van der Waals surface area (Å²) in [6.07, 6.45) is 2.24. The van der Waals surface area contributed by atoms with Crippen LogP contribution in [0.4, 0.5) is 13.6 Å². The van der Waals surface area contributed by atoms with Crippen LogP contribution in [0.1, 0.15) is 24.0 Å². The van der Waals surface area contributed by atoms with Crippen molar-refractivity contribution in [1.82, 2.24) is 10.2 Å². The maximum Gasteiger partial charge on any atom is 0.293 e. The molecule has 4 rings (SSSR count). The number of ether oxygens (including phenoxy) is 1. The number of imide groups is 1. The largest absolute Gasteiger partial charge is 0.381 e. The number of nitrogens with zero attached hydrogens (tertiary/aromatic N) is 1. The Kier molecular flexibility index (Phi) is 6.90. The van der Waals surface area contributed by atoms with Crippen LogP contribution in [0.2, 0.25) is 0 Å². The second-order valence-electron chi connectivity index (χ2n) is 7.81. The van der Waals surface area contributed by atoms with E-state index in [0.717, 1.165) is 16.7 Å². The zero-order valence-corrected chi connectivity index (χ0v) is 18.5. The van der Waals surface area contributed by atoms with E-state index in [1.54, 1.807) is 18.2 Å². The summed E-state index contributed by atoms with van der Waals surface area (Å²) >= 11 is 0.737. The van der Waals surface area contributed by atoms with Gasteiger partial charge in [-0.05, 0) is 54.4 Å². The molecular weight excluding hydrogens is 450 g/mol. The zero-order chi connectivity index (χ0) is 23.4. The van der Waals surface area contributed by atoms with Gasteiger partial charge in [-0.15, -0.1) is 0 Å². The highest BCUT2D eigenvalue weighted by Crippen LogP contribution is 2.36. The van der Waals surface area contributed by atoms with Gasteiger partial charge in [-0.3, -0.25) is 19.3 Å². The molecule has 0 bridgehead atoms. The molecule has 0 aromatic heterocycles. The van der Waals surface area contributed by atoms with Crippen molar-refractivity contribution in [3.63, 3.8) is 0 Å². The van der Waals surface area contributed by atoms with Crippen LogP contribution in [0.3, 0.4) is 0 Å². The van der Waals surface area contributed by atoms with Crippen LogP contribution in [-0.2, 0) is 19.7 Å². The van der Waals surface area contributed by atoms with Gasteiger partial charge in [-0.1, -0.05) is 30.3 Å². The molecule has 2 aromatic rings. The first-order valence-electron chi connectivity index (χ1n) is 10.5. The number of nitrogens with one attached hydrogen (secondary N) is 1. The molecule has 172 valence electrons. The van der Waals surface area contributed by atoms with Crippen LogP contribution in [0.25, 0.3) is 6.08 Å². The Bertz CT molecular complexity index is 1100. The number of hydrogen-bond acceptors (Lipinski definition) is 5. The fourth-order valence-corrected chi connectivity index (χ4v) is 4.87. The number of benzene rings is 2. The Morgan fingerprint density at radius 3 is 2.48 bits per heavy atom. The molecule has 2 aliphatic heterocycles. The summed E-state index contributed by atoms with van der Waals surface area (Å²) in [5, 5.41) is 2.35. The summed E-state index contributed by atoms with van der Waals surface area (Å²) in [4.78, 5) is 39.3. The van der Waals surface area contributed by atoms with E-state index >= 15 is 0 Å². The van der Waals surface area contributed by atoms with E-state index in [2.05, 4.69) is 5.32 Å². The lowest BCUT2D eigenvalue weighted by Crippen LogP contribution is -2.49. The van der Waals surface area contributed by atoms with Crippen molar-refractivity contribution in [3.8, 4) is 0 Å². The van der Waals surface area contributed by atoms with Crippen molar-refractivity contribution in [2.45, 2.75) is 18.3 Å². The SMILES string of the molecule is O=C1S/C(=C\c2ccccc2F)C(=O)N1CCNC(=O)C1(c2ccc(F)cc2)CCOCC1. The third kappa shape index (κ3) is 4.84. The van der Waals surface area contributed by atoms with Gasteiger partial charge >= 0.3 is 0 Å². The molecule has 0 aliphatic carbocycles. The molecule has 3 amide bonds. The molecule has 9 heteroatoms. The molecule has 2 aliphatic rings. The molecule has 2 fully saturated rings. The summed E-state index contributed by atoms with van der Waals surface area (Å²) in [7, 11) is 0. The molecule has 1 N–H and O–H groups in total. The molecule has 2 aromatic carbocycles. The van der Waals surface area contributed by atoms with E-state index in [4.69, 9.17) is 4.74 Å². The van der Waals surface area contributed by atoms with E-state index < -0.39 is 22.4 Å². The minimum absolute atomic E-state index is 0.0129. The zero-order valence-electron chi connectivity index (χ0n) is 17.7. The maximum atomic E-state index is 13.9. The molecule has 2 saturated heterocycles. The van der Waals surface area contributed by atoms with E-state index in [0.29, 0.717) is 31.6 Å². The predicted octanol–water partition coefficient (Wildman–Crippen LogP) is 3.87. The number of carbonyl (C=O) groups is 3. The van der Waals surface area contributed by atoms with E-state index in [-0.39, 0.29) is 35.3 Å². The van der Waals surface area contributed by atoms with Crippen LogP contribution < -0.4 is 5.32 Å². The maximum absolute atomic E-state index is 13.9. The van der Waals surface area contributed by atoms with Gasteiger partial charge in [-0.2, -0.15) is 0 Å². The highest BCUT2D eigenvalue weighted by atomic mass is 32.2. The quantitative estimate of drug-likeness (QED) is 0.646. The number of carbonyl (C=O) groups excluding carboxylic acids is 3. The minimum atomic E-state index is -0.865. The standard InChI is InChI=1S/C24H22F2N2O4S/c25-18-7-5-17(6-8-18)24(9-13-32-14-10-24)22(30)27-11-12-28-21(29)20(33-23(28)31)15-16-3-1-2-4-19(16)26/h1-8,15H,9-14H2,(H,27,30)/b20-15-. The van der Waals surface area contributed by atoms with Crippen LogP contribution in [0.5, 0.6) is 0 Å². The van der Waals surface area contributed by atoms with Gasteiger partial charge in [0.25, 0.3) is 11.1 Å². The van der Waals surface area contributed by atoms with E-state index in [9.17, 15) is 23.2 Å². The second kappa shape index (κ2) is 9.84. The second-order valence-corrected chi connectivity index (χ2v) is 8.81. The first-order valence-corrected chi connectivity index (χ1v) is 11.3. The number of rotatable bonds is 6. The van der Waals surface area contributed by atoms with Crippen LogP contribution in [0.15, 0.2) is 53.4 Å². The minimum Gasteiger partial charge on any atom is -0.381 e. The van der Waals surface area contributed by atoms with Gasteiger partial charge < -0.3 is 10.1 Å². The van der Waals surface area contributed by atoms with Gasteiger partial charge in [0.2, 0.25) is 5.91 Å². The average Bonchev–Trinajstić information content (AvgIpc) is 3.08. The highest BCUT2D eigenvalue weighted by Gasteiger charge is 2.42. The Morgan fingerprint density at radius 2 is 1.79 bits per heavy atom. The first kappa shape index (κ1) is 23.1. The lowest BCUT2D eigenvalue weighted by molar-refractivity contribution is -0.131. The van der Waals surface area contributed by atoms with Crippen LogP contribution in [-0.4, -0.2) is 48.3 Å². The van der Waals surface area contributed by atoms with Gasteiger partial charge in [0.1, 0.15) is 11.6 Å². The molecule has 0 radical (unpaired) electrons. The van der Waals surface area contributed by atoms with Gasteiger partial charge in [0, 0.05) is 31.9 Å². The smallest absolute Gasteiger partial charge is 0.293 e. The van der Waals surface area contributed by atoms with Gasteiger partial charge in [0.05, 0.1) is 10.3 Å². The molecular formula is C24H22F2N2O4S. The van der Waals surface area contributed by atoms with Crippen molar-refractivity contribution < 1.29 is 27.9 Å².